The van der Waals surface area contributed by atoms with Gasteiger partial charge in [-0.1, -0.05) is 0 Å². The van der Waals surface area contributed by atoms with Crippen molar-refractivity contribution in [3.05, 3.63) is 36.4 Å². The van der Waals surface area contributed by atoms with E-state index < -0.39 is 0 Å². The first-order valence-corrected chi connectivity index (χ1v) is 15.7. The molecule has 0 unspecified atom stereocenters. The molecule has 8 heteroatoms. The summed E-state index contributed by atoms with van der Waals surface area (Å²) in [5.41, 5.74) is 0. The van der Waals surface area contributed by atoms with Crippen LogP contribution in [0.15, 0.2) is 36.4 Å². The monoisotopic (exact) mass is 622 g/mol. The Labute approximate surface area is 267 Å². The lowest BCUT2D eigenvalue weighted by Crippen LogP contribution is -2.03. The fourth-order valence-electron chi connectivity index (χ4n) is 7.25. The van der Waals surface area contributed by atoms with Gasteiger partial charge in [-0.2, -0.15) is 0 Å². The highest BCUT2D eigenvalue weighted by Gasteiger charge is 2.29. The van der Waals surface area contributed by atoms with E-state index in [-0.39, 0.29) is 0 Å². The summed E-state index contributed by atoms with van der Waals surface area (Å²) in [6.45, 7) is 9.84. The van der Waals surface area contributed by atoms with E-state index in [9.17, 15) is 0 Å². The van der Waals surface area contributed by atoms with Crippen LogP contribution in [0.25, 0.3) is 64.6 Å². The summed E-state index contributed by atoms with van der Waals surface area (Å²) in [4.78, 5) is 0. The number of fused-ring (bicyclic) bond motifs is 2. The minimum absolute atomic E-state index is 0.486. The van der Waals surface area contributed by atoms with Crippen LogP contribution in [0.5, 0.6) is 46.0 Å². The molecule has 0 saturated carbocycles. The second-order valence-electron chi connectivity index (χ2n) is 11.0. The topological polar surface area (TPSA) is 73.8 Å². The molecule has 0 aromatic heterocycles. The molecule has 7 rings (SSSR count). The third kappa shape index (κ3) is 3.98. The van der Waals surface area contributed by atoms with Gasteiger partial charge in [-0.05, 0) is 84.3 Å². The van der Waals surface area contributed by atoms with Crippen LogP contribution in [-0.4, -0.2) is 54.9 Å². The molecule has 0 atom stereocenters. The zero-order chi connectivity index (χ0) is 32.3. The number of ether oxygens (including phenoxy) is 8. The molecule has 0 amide bonds. The van der Waals surface area contributed by atoms with Gasteiger partial charge in [0.1, 0.15) is 46.0 Å². The third-order valence-electron chi connectivity index (χ3n) is 8.83. The second kappa shape index (κ2) is 11.4. The largest absolute Gasteiger partial charge is 0.496 e. The molecule has 0 fully saturated rings. The summed E-state index contributed by atoms with van der Waals surface area (Å²) in [6.07, 6.45) is 0. The van der Waals surface area contributed by atoms with Crippen molar-refractivity contribution in [2.75, 3.05) is 54.9 Å². The van der Waals surface area contributed by atoms with Crippen LogP contribution >= 0.6 is 0 Å². The van der Waals surface area contributed by atoms with Gasteiger partial charge in [0, 0.05) is 22.9 Å². The number of methoxy groups -OCH3 is 4. The lowest BCUT2D eigenvalue weighted by molar-refractivity contribution is 0.326. The highest BCUT2D eigenvalue weighted by atomic mass is 16.5. The van der Waals surface area contributed by atoms with Gasteiger partial charge in [-0.15, -0.1) is 0 Å². The van der Waals surface area contributed by atoms with E-state index in [1.807, 2.05) is 39.8 Å². The van der Waals surface area contributed by atoms with Gasteiger partial charge in [0.25, 0.3) is 0 Å². The van der Waals surface area contributed by atoms with Crippen LogP contribution in [-0.2, 0) is 0 Å². The van der Waals surface area contributed by atoms with Gasteiger partial charge >= 0.3 is 0 Å². The van der Waals surface area contributed by atoms with Crippen LogP contribution < -0.4 is 37.9 Å². The Bertz CT molecular complexity index is 1950. The van der Waals surface area contributed by atoms with Gasteiger partial charge in [0.2, 0.25) is 0 Å². The number of hydrogen-bond acceptors (Lipinski definition) is 8. The maximum atomic E-state index is 6.24. The van der Waals surface area contributed by atoms with Gasteiger partial charge < -0.3 is 37.9 Å². The van der Waals surface area contributed by atoms with Crippen LogP contribution in [0.4, 0.5) is 0 Å². The molecule has 0 aliphatic heterocycles. The lowest BCUT2D eigenvalue weighted by atomic mass is 9.83. The molecule has 0 aliphatic rings. The molecular weight excluding hydrogens is 584 g/mol. The van der Waals surface area contributed by atoms with Crippen molar-refractivity contribution < 1.29 is 37.9 Å². The average molecular weight is 623 g/mol. The van der Waals surface area contributed by atoms with Crippen molar-refractivity contribution in [1.29, 1.82) is 0 Å². The first-order valence-electron chi connectivity index (χ1n) is 15.7. The summed E-state index contributed by atoms with van der Waals surface area (Å²) in [6, 6.07) is 12.3. The fraction of sp³-hybridized carbons (Fsp3) is 0.316. The summed E-state index contributed by atoms with van der Waals surface area (Å²) in [7, 11) is 6.76. The molecule has 7 aromatic carbocycles. The molecule has 0 N–H and O–H groups in total. The Kier molecular flexibility index (Phi) is 7.38. The molecule has 0 saturated heterocycles. The van der Waals surface area contributed by atoms with E-state index in [2.05, 4.69) is 24.3 Å². The van der Waals surface area contributed by atoms with Crippen molar-refractivity contribution in [3.8, 4) is 46.0 Å². The molecule has 0 heterocycles. The first-order chi connectivity index (χ1) is 22.5. The van der Waals surface area contributed by atoms with E-state index >= 15 is 0 Å². The first kappa shape index (κ1) is 29.7. The Morgan fingerprint density at radius 1 is 0.304 bits per heavy atom. The normalized spacial score (nSPS) is 11.8. The lowest BCUT2D eigenvalue weighted by Gasteiger charge is -2.25. The van der Waals surface area contributed by atoms with Gasteiger partial charge in [0.15, 0.2) is 0 Å². The number of benzene rings is 7. The molecule has 0 bridgehead atoms. The molecular formula is C38H38O8. The standard InChI is InChI=1S/C38H38O8/c1-9-43-27-17-28(44-10-2)34-24(40-6)14-20-22-16-26(42-8)36-30(46-12-4)18-29(45-11-3)35-25(41-7)15-21(32(22)38(35)36)19-13-23(39-5)33(27)37(34)31(19)20/h13-18H,9-12H2,1-8H3. The third-order valence-corrected chi connectivity index (χ3v) is 8.83. The van der Waals surface area contributed by atoms with Gasteiger partial charge in [-0.3, -0.25) is 0 Å². The maximum absolute atomic E-state index is 6.24. The van der Waals surface area contributed by atoms with Gasteiger partial charge in [0.05, 0.1) is 76.4 Å². The molecule has 238 valence electrons. The zero-order valence-electron chi connectivity index (χ0n) is 27.6. The predicted octanol–water partition coefficient (Wildman–Crippen LogP) is 9.11. The van der Waals surface area contributed by atoms with Crippen LogP contribution in [0, 0.1) is 0 Å². The number of hydrogen-bond donors (Lipinski definition) is 0. The quantitative estimate of drug-likeness (QED) is 0.0987. The average Bonchev–Trinajstić information content (AvgIpc) is 3.07. The predicted molar refractivity (Wildman–Crippen MR) is 185 cm³/mol. The van der Waals surface area contributed by atoms with Crippen molar-refractivity contribution in [2.24, 2.45) is 0 Å². The van der Waals surface area contributed by atoms with Crippen molar-refractivity contribution in [2.45, 2.75) is 27.7 Å². The summed E-state index contributed by atoms with van der Waals surface area (Å²) < 4.78 is 49.5. The van der Waals surface area contributed by atoms with E-state index in [0.717, 1.165) is 64.6 Å². The number of rotatable bonds is 12. The Hall–Kier alpha value is -4.98. The Morgan fingerprint density at radius 2 is 0.543 bits per heavy atom. The molecule has 0 spiro atoms. The van der Waals surface area contributed by atoms with Gasteiger partial charge in [-0.25, -0.2) is 0 Å². The van der Waals surface area contributed by atoms with E-state index in [1.165, 1.54) is 0 Å². The summed E-state index contributed by atoms with van der Waals surface area (Å²) in [5.74, 6) is 5.52. The second-order valence-corrected chi connectivity index (χ2v) is 11.0. The van der Waals surface area contributed by atoms with E-state index in [1.54, 1.807) is 28.4 Å². The highest BCUT2D eigenvalue weighted by molar-refractivity contribution is 6.42. The highest BCUT2D eigenvalue weighted by Crippen LogP contribution is 2.57. The maximum Gasteiger partial charge on any atom is 0.134 e. The molecule has 0 radical (unpaired) electrons. The SMILES string of the molecule is CCOc1cc(OCC)c2c(OC)cc3c4cc(OC)c5c(OCC)cc(OCC)c6c(OC)cc(c7cc(OC)c1c2c73)c4c65. The van der Waals surface area contributed by atoms with Crippen LogP contribution in [0.1, 0.15) is 27.7 Å². The summed E-state index contributed by atoms with van der Waals surface area (Å²) in [5, 5.41) is 11.4. The van der Waals surface area contributed by atoms with Crippen molar-refractivity contribution >= 4 is 64.6 Å². The van der Waals surface area contributed by atoms with E-state index in [0.29, 0.717) is 72.4 Å². The van der Waals surface area contributed by atoms with Crippen molar-refractivity contribution in [1.82, 2.24) is 0 Å². The molecule has 46 heavy (non-hydrogen) atoms. The fourth-order valence-corrected chi connectivity index (χ4v) is 7.25. The Morgan fingerprint density at radius 3 is 0.739 bits per heavy atom. The minimum Gasteiger partial charge on any atom is -0.496 e. The molecule has 0 aliphatic carbocycles. The zero-order valence-corrected chi connectivity index (χ0v) is 27.6. The van der Waals surface area contributed by atoms with Crippen LogP contribution in [0.3, 0.4) is 0 Å². The Balaban J connectivity index is 1.85. The van der Waals surface area contributed by atoms with E-state index in [4.69, 9.17) is 37.9 Å². The smallest absolute Gasteiger partial charge is 0.134 e. The molecule has 7 aromatic rings. The van der Waals surface area contributed by atoms with Crippen molar-refractivity contribution in [3.63, 3.8) is 0 Å². The minimum atomic E-state index is 0.486. The summed E-state index contributed by atoms with van der Waals surface area (Å²) >= 11 is 0. The van der Waals surface area contributed by atoms with Crippen LogP contribution in [0.2, 0.25) is 0 Å². The molecule has 8 nitrogen and oxygen atoms in total.